The fraction of sp³-hybridized carbons (Fsp3) is 0.217. The summed E-state index contributed by atoms with van der Waals surface area (Å²) in [5.74, 6) is 2.36. The maximum absolute atomic E-state index is 9.93. The Kier molecular flexibility index (Phi) is 4.86. The van der Waals surface area contributed by atoms with Crippen molar-refractivity contribution in [1.29, 1.82) is 5.26 Å². The molecule has 3 heterocycles. The Morgan fingerprint density at radius 1 is 1.06 bits per heavy atom. The van der Waals surface area contributed by atoms with Crippen LogP contribution in [-0.4, -0.2) is 38.3 Å². The molecule has 2 aliphatic rings. The Hall–Kier alpha value is -4.52. The van der Waals surface area contributed by atoms with Gasteiger partial charge >= 0.3 is 0 Å². The molecule has 2 aliphatic heterocycles. The Morgan fingerprint density at radius 3 is 2.45 bits per heavy atom. The second-order valence-corrected chi connectivity index (χ2v) is 7.27. The highest BCUT2D eigenvalue weighted by atomic mass is 16.7. The van der Waals surface area contributed by atoms with Crippen LogP contribution in [0.2, 0.25) is 0 Å². The molecule has 0 spiro atoms. The van der Waals surface area contributed by atoms with Crippen LogP contribution in [0, 0.1) is 11.3 Å². The summed E-state index contributed by atoms with van der Waals surface area (Å²) in [7, 11) is 4.62. The van der Waals surface area contributed by atoms with Gasteiger partial charge in [0.1, 0.15) is 11.6 Å². The minimum atomic E-state index is -0.555. The Balaban J connectivity index is 1.72. The van der Waals surface area contributed by atoms with Crippen LogP contribution in [0.15, 0.2) is 41.8 Å². The number of hydrogen-bond donors (Lipinski definition) is 2. The number of nitrogens with zero attached hydrogens (tertiary/aromatic N) is 2. The number of rotatable bonds is 5. The van der Waals surface area contributed by atoms with E-state index in [1.807, 2.05) is 12.1 Å². The Bertz CT molecular complexity index is 1300. The second-order valence-electron chi connectivity index (χ2n) is 7.27. The lowest BCUT2D eigenvalue weighted by Gasteiger charge is -2.24. The van der Waals surface area contributed by atoms with E-state index in [1.165, 1.54) is 7.11 Å². The minimum Gasteiger partial charge on any atom is -0.493 e. The van der Waals surface area contributed by atoms with Crippen molar-refractivity contribution in [2.24, 2.45) is 5.73 Å². The number of fused-ring (bicyclic) bond motifs is 2. The predicted molar refractivity (Wildman–Crippen MR) is 116 cm³/mol. The van der Waals surface area contributed by atoms with Gasteiger partial charge in [-0.15, -0.1) is 5.10 Å². The molecule has 2 aromatic carbocycles. The molecule has 0 bridgehead atoms. The van der Waals surface area contributed by atoms with Crippen LogP contribution in [0.4, 0.5) is 0 Å². The number of hydrogen-bond acceptors (Lipinski definition) is 9. The smallest absolute Gasteiger partial charge is 0.244 e. The lowest BCUT2D eigenvalue weighted by molar-refractivity contribution is 0.174. The van der Waals surface area contributed by atoms with Gasteiger partial charge in [-0.05, 0) is 29.8 Å². The molecule has 3 aromatic rings. The van der Waals surface area contributed by atoms with Crippen molar-refractivity contribution in [3.05, 3.63) is 52.9 Å². The van der Waals surface area contributed by atoms with E-state index in [-0.39, 0.29) is 24.1 Å². The lowest BCUT2D eigenvalue weighted by atomic mass is 9.83. The molecule has 168 valence electrons. The van der Waals surface area contributed by atoms with Crippen molar-refractivity contribution in [3.8, 4) is 52.0 Å². The highest BCUT2D eigenvalue weighted by molar-refractivity contribution is 5.75. The van der Waals surface area contributed by atoms with Crippen LogP contribution in [0.5, 0.6) is 34.6 Å². The van der Waals surface area contributed by atoms with Gasteiger partial charge in [0.05, 0.1) is 38.5 Å². The van der Waals surface area contributed by atoms with Crippen molar-refractivity contribution in [2.75, 3.05) is 28.1 Å². The van der Waals surface area contributed by atoms with Crippen LogP contribution >= 0.6 is 0 Å². The molecule has 0 amide bonds. The van der Waals surface area contributed by atoms with Crippen molar-refractivity contribution in [1.82, 2.24) is 10.2 Å². The molecule has 3 N–H and O–H groups in total. The van der Waals surface area contributed by atoms with Crippen LogP contribution in [-0.2, 0) is 0 Å². The first-order valence-electron chi connectivity index (χ1n) is 9.95. The third-order valence-electron chi connectivity index (χ3n) is 5.62. The molecule has 0 fully saturated rings. The average molecular weight is 448 g/mol. The highest BCUT2D eigenvalue weighted by Gasteiger charge is 2.36. The number of nitrogens with two attached hydrogens (primary N) is 1. The molecular weight excluding hydrogens is 428 g/mol. The zero-order valence-electron chi connectivity index (χ0n) is 18.1. The number of ether oxygens (including phenoxy) is 6. The molecule has 10 nitrogen and oxygen atoms in total. The SMILES string of the molecule is COc1cc(-c2[nH]nc3c2[C@H](c2ccc4c(c2)OCO4)C(C#N)=C(N)O3)cc(OC)c1OC. The summed E-state index contributed by atoms with van der Waals surface area (Å²) < 4.78 is 33.1. The molecule has 0 aliphatic carbocycles. The van der Waals surface area contributed by atoms with E-state index in [4.69, 9.17) is 34.2 Å². The normalized spacial score (nSPS) is 16.0. The van der Waals surface area contributed by atoms with Gasteiger partial charge in [0.15, 0.2) is 23.0 Å². The summed E-state index contributed by atoms with van der Waals surface area (Å²) in [6.07, 6.45) is 0. The van der Waals surface area contributed by atoms with Crippen molar-refractivity contribution >= 4 is 0 Å². The summed E-state index contributed by atoms with van der Waals surface area (Å²) in [6.45, 7) is 0.142. The lowest BCUT2D eigenvalue weighted by Crippen LogP contribution is -2.21. The zero-order valence-corrected chi connectivity index (χ0v) is 18.1. The molecule has 0 saturated carbocycles. The predicted octanol–water partition coefficient (Wildman–Crippen LogP) is 3.05. The molecule has 1 aromatic heterocycles. The molecule has 5 rings (SSSR count). The average Bonchev–Trinajstić information content (AvgIpc) is 3.48. The standard InChI is InChI=1S/C23H20N4O6/c1-28-16-7-12(8-17(29-2)21(16)30-3)20-19-18(11-4-5-14-15(6-11)32-10-31-14)13(9-24)22(25)33-23(19)27-26-20/h4-8,18H,10,25H2,1-3H3,(H,26,27)/t18-/m1/s1. The summed E-state index contributed by atoms with van der Waals surface area (Å²) in [5, 5.41) is 17.3. The largest absolute Gasteiger partial charge is 0.493 e. The number of aromatic nitrogens is 2. The van der Waals surface area contributed by atoms with E-state index >= 15 is 0 Å². The zero-order chi connectivity index (χ0) is 23.1. The number of methoxy groups -OCH3 is 3. The maximum atomic E-state index is 9.93. The number of nitriles is 1. The summed E-state index contributed by atoms with van der Waals surface area (Å²) in [6, 6.07) is 11.3. The van der Waals surface area contributed by atoms with E-state index < -0.39 is 5.92 Å². The molecule has 0 saturated heterocycles. The van der Waals surface area contributed by atoms with Crippen LogP contribution in [0.25, 0.3) is 11.3 Å². The first-order valence-corrected chi connectivity index (χ1v) is 9.95. The number of H-pyrrole nitrogens is 1. The van der Waals surface area contributed by atoms with E-state index in [1.54, 1.807) is 32.4 Å². The summed E-state index contributed by atoms with van der Waals surface area (Å²) >= 11 is 0. The Labute approximate surface area is 189 Å². The van der Waals surface area contributed by atoms with E-state index in [2.05, 4.69) is 16.3 Å². The van der Waals surface area contributed by atoms with Crippen LogP contribution < -0.4 is 34.2 Å². The van der Waals surface area contributed by atoms with E-state index in [0.717, 1.165) is 5.56 Å². The molecule has 0 unspecified atom stereocenters. The number of benzene rings is 2. The van der Waals surface area contributed by atoms with E-state index in [0.29, 0.717) is 45.6 Å². The second kappa shape index (κ2) is 7.87. The van der Waals surface area contributed by atoms with Crippen molar-refractivity contribution in [3.63, 3.8) is 0 Å². The minimum absolute atomic E-state index is 0.00407. The Morgan fingerprint density at radius 2 is 1.79 bits per heavy atom. The summed E-state index contributed by atoms with van der Waals surface area (Å²) in [4.78, 5) is 0. The monoisotopic (exact) mass is 448 g/mol. The quantitative estimate of drug-likeness (QED) is 0.604. The van der Waals surface area contributed by atoms with E-state index in [9.17, 15) is 5.26 Å². The fourth-order valence-electron chi connectivity index (χ4n) is 4.12. The number of aromatic amines is 1. The van der Waals surface area contributed by atoms with Gasteiger partial charge in [-0.1, -0.05) is 6.07 Å². The first-order chi connectivity index (χ1) is 16.1. The molecular formula is C23H20N4O6. The first kappa shape index (κ1) is 20.4. The highest BCUT2D eigenvalue weighted by Crippen LogP contribution is 2.49. The molecule has 0 radical (unpaired) electrons. The third kappa shape index (κ3) is 3.13. The van der Waals surface area contributed by atoms with Gasteiger partial charge < -0.3 is 34.2 Å². The van der Waals surface area contributed by atoms with Gasteiger partial charge in [0.25, 0.3) is 0 Å². The maximum Gasteiger partial charge on any atom is 0.244 e. The molecule has 10 heteroatoms. The van der Waals surface area contributed by atoms with Crippen LogP contribution in [0.1, 0.15) is 17.0 Å². The number of allylic oxidation sites excluding steroid dienone is 1. The molecule has 1 atom stereocenters. The number of nitrogens with one attached hydrogen (secondary N) is 1. The van der Waals surface area contributed by atoms with Gasteiger partial charge in [0.2, 0.25) is 24.3 Å². The molecule has 33 heavy (non-hydrogen) atoms. The van der Waals surface area contributed by atoms with Crippen molar-refractivity contribution in [2.45, 2.75) is 5.92 Å². The summed E-state index contributed by atoms with van der Waals surface area (Å²) in [5.41, 5.74) is 9.09. The topological polar surface area (TPSA) is 134 Å². The fourth-order valence-corrected chi connectivity index (χ4v) is 4.12. The van der Waals surface area contributed by atoms with Gasteiger partial charge in [-0.3, -0.25) is 5.10 Å². The van der Waals surface area contributed by atoms with Crippen molar-refractivity contribution < 1.29 is 28.4 Å². The van der Waals surface area contributed by atoms with Gasteiger partial charge in [0, 0.05) is 5.56 Å². The van der Waals surface area contributed by atoms with Gasteiger partial charge in [-0.2, -0.15) is 5.26 Å². The van der Waals surface area contributed by atoms with Gasteiger partial charge in [-0.25, -0.2) is 0 Å². The van der Waals surface area contributed by atoms with Crippen LogP contribution in [0.3, 0.4) is 0 Å². The third-order valence-corrected chi connectivity index (χ3v) is 5.62.